The van der Waals surface area contributed by atoms with Gasteiger partial charge in [-0.15, -0.1) is 0 Å². The van der Waals surface area contributed by atoms with E-state index < -0.39 is 0 Å². The lowest BCUT2D eigenvalue weighted by Gasteiger charge is -2.09. The third-order valence-corrected chi connectivity index (χ3v) is 2.76. The fraction of sp³-hybridized carbons (Fsp3) is 0.214. The van der Waals surface area contributed by atoms with Crippen molar-refractivity contribution >= 4 is 11.5 Å². The topological polar surface area (TPSA) is 65.1 Å². The molecule has 1 aromatic heterocycles. The molecule has 0 saturated heterocycles. The Labute approximate surface area is 105 Å². The molecule has 0 aliphatic heterocycles. The highest BCUT2D eigenvalue weighted by molar-refractivity contribution is 5.57. The summed E-state index contributed by atoms with van der Waals surface area (Å²) in [6.07, 6.45) is 0.574. The standard InChI is InChI=1S/C14H16N2O2/c1-3-11-14(18)12(17)8-13(16-11)15-10-6-4-9(2)5-7-10/h4-8,18H,3H2,1-2H3,(H2,15,16,17). The number of aromatic nitrogens is 1. The number of anilines is 2. The zero-order chi connectivity index (χ0) is 13.1. The molecule has 0 spiro atoms. The molecule has 0 saturated carbocycles. The van der Waals surface area contributed by atoms with E-state index in [0.717, 1.165) is 5.69 Å². The summed E-state index contributed by atoms with van der Waals surface area (Å²) in [5, 5.41) is 12.7. The van der Waals surface area contributed by atoms with E-state index in [9.17, 15) is 9.90 Å². The molecule has 3 N–H and O–H groups in total. The highest BCUT2D eigenvalue weighted by atomic mass is 16.3. The van der Waals surface area contributed by atoms with Crippen molar-refractivity contribution in [2.45, 2.75) is 20.3 Å². The van der Waals surface area contributed by atoms with E-state index in [-0.39, 0.29) is 11.2 Å². The Balaban J connectivity index is 2.32. The van der Waals surface area contributed by atoms with Crippen LogP contribution in [0.2, 0.25) is 0 Å². The molecule has 2 rings (SSSR count). The van der Waals surface area contributed by atoms with Gasteiger partial charge in [-0.05, 0) is 25.5 Å². The van der Waals surface area contributed by atoms with Crippen LogP contribution in [-0.4, -0.2) is 10.1 Å². The lowest BCUT2D eigenvalue weighted by Crippen LogP contribution is -2.07. The second-order valence-corrected chi connectivity index (χ2v) is 4.22. The van der Waals surface area contributed by atoms with Crippen LogP contribution in [0.3, 0.4) is 0 Å². The van der Waals surface area contributed by atoms with Crippen LogP contribution < -0.4 is 10.7 Å². The normalized spacial score (nSPS) is 10.3. The number of pyridine rings is 1. The van der Waals surface area contributed by atoms with Crippen molar-refractivity contribution in [3.8, 4) is 5.75 Å². The summed E-state index contributed by atoms with van der Waals surface area (Å²) in [7, 11) is 0. The fourth-order valence-electron chi connectivity index (χ4n) is 1.72. The summed E-state index contributed by atoms with van der Waals surface area (Å²) in [6.45, 7) is 3.89. The van der Waals surface area contributed by atoms with Crippen molar-refractivity contribution in [2.75, 3.05) is 5.32 Å². The molecule has 1 aromatic carbocycles. The van der Waals surface area contributed by atoms with Gasteiger partial charge in [0.25, 0.3) is 0 Å². The molecule has 2 aromatic rings. The Bertz CT molecular complexity index is 600. The van der Waals surface area contributed by atoms with Crippen molar-refractivity contribution in [2.24, 2.45) is 0 Å². The minimum atomic E-state index is -0.375. The van der Waals surface area contributed by atoms with Crippen LogP contribution in [0, 0.1) is 6.92 Å². The average Bonchev–Trinajstić information content (AvgIpc) is 2.36. The summed E-state index contributed by atoms with van der Waals surface area (Å²) in [5.74, 6) is 0.380. The lowest BCUT2D eigenvalue weighted by atomic mass is 10.2. The number of H-pyrrole nitrogens is 1. The first kappa shape index (κ1) is 12.2. The van der Waals surface area contributed by atoms with Gasteiger partial charge in [-0.3, -0.25) is 4.79 Å². The van der Waals surface area contributed by atoms with Gasteiger partial charge >= 0.3 is 0 Å². The van der Waals surface area contributed by atoms with Gasteiger partial charge in [0, 0.05) is 11.8 Å². The second-order valence-electron chi connectivity index (χ2n) is 4.22. The summed E-state index contributed by atoms with van der Waals surface area (Å²) < 4.78 is 0. The maximum absolute atomic E-state index is 11.6. The number of rotatable bonds is 3. The summed E-state index contributed by atoms with van der Waals surface area (Å²) in [5.41, 5.74) is 2.23. The van der Waals surface area contributed by atoms with E-state index in [1.807, 2.05) is 38.1 Å². The van der Waals surface area contributed by atoms with Crippen LogP contribution in [0.15, 0.2) is 35.1 Å². The third kappa shape index (κ3) is 2.53. The summed E-state index contributed by atoms with van der Waals surface area (Å²) >= 11 is 0. The van der Waals surface area contributed by atoms with Gasteiger partial charge in [-0.1, -0.05) is 24.6 Å². The Morgan fingerprint density at radius 1 is 1.28 bits per heavy atom. The first-order chi connectivity index (χ1) is 8.60. The Hall–Kier alpha value is -2.23. The highest BCUT2D eigenvalue weighted by Crippen LogP contribution is 2.17. The Kier molecular flexibility index (Phi) is 3.37. The molecule has 18 heavy (non-hydrogen) atoms. The van der Waals surface area contributed by atoms with Crippen LogP contribution in [0.5, 0.6) is 5.75 Å². The molecule has 0 unspecified atom stereocenters. The number of benzene rings is 1. The zero-order valence-electron chi connectivity index (χ0n) is 10.4. The van der Waals surface area contributed by atoms with Crippen molar-refractivity contribution in [1.29, 1.82) is 0 Å². The largest absolute Gasteiger partial charge is 0.503 e. The van der Waals surface area contributed by atoms with Gasteiger partial charge in [0.15, 0.2) is 5.75 Å². The number of aryl methyl sites for hydroxylation is 2. The molecule has 0 bridgehead atoms. The number of nitrogens with one attached hydrogen (secondary N) is 2. The molecular formula is C14H16N2O2. The SMILES string of the molecule is CCc1[nH]c(Nc2ccc(C)cc2)cc(=O)c1O. The number of hydrogen-bond donors (Lipinski definition) is 3. The Morgan fingerprint density at radius 3 is 2.56 bits per heavy atom. The van der Waals surface area contributed by atoms with Gasteiger partial charge in [-0.25, -0.2) is 0 Å². The molecule has 0 fully saturated rings. The van der Waals surface area contributed by atoms with Crippen molar-refractivity contribution < 1.29 is 5.11 Å². The van der Waals surface area contributed by atoms with Crippen LogP contribution in [0.25, 0.3) is 0 Å². The van der Waals surface area contributed by atoms with Gasteiger partial charge in [-0.2, -0.15) is 0 Å². The quantitative estimate of drug-likeness (QED) is 0.777. The van der Waals surface area contributed by atoms with E-state index in [1.54, 1.807) is 0 Å². The van der Waals surface area contributed by atoms with Crippen LogP contribution in [0.1, 0.15) is 18.2 Å². The van der Waals surface area contributed by atoms with E-state index in [2.05, 4.69) is 10.3 Å². The van der Waals surface area contributed by atoms with E-state index >= 15 is 0 Å². The first-order valence-corrected chi connectivity index (χ1v) is 5.89. The van der Waals surface area contributed by atoms with Crippen LogP contribution in [-0.2, 0) is 6.42 Å². The highest BCUT2D eigenvalue weighted by Gasteiger charge is 2.06. The maximum Gasteiger partial charge on any atom is 0.225 e. The van der Waals surface area contributed by atoms with Crippen molar-refractivity contribution in [3.63, 3.8) is 0 Å². The van der Waals surface area contributed by atoms with Crippen molar-refractivity contribution in [1.82, 2.24) is 4.98 Å². The summed E-state index contributed by atoms with van der Waals surface area (Å²) in [6, 6.07) is 9.20. The van der Waals surface area contributed by atoms with E-state index in [1.165, 1.54) is 11.6 Å². The molecule has 1 heterocycles. The molecule has 4 nitrogen and oxygen atoms in total. The van der Waals surface area contributed by atoms with Gasteiger partial charge in [0.2, 0.25) is 5.43 Å². The fourth-order valence-corrected chi connectivity index (χ4v) is 1.72. The van der Waals surface area contributed by atoms with E-state index in [4.69, 9.17) is 0 Å². The second kappa shape index (κ2) is 4.96. The van der Waals surface area contributed by atoms with Gasteiger partial charge in [0.05, 0.1) is 5.69 Å². The minimum Gasteiger partial charge on any atom is -0.503 e. The predicted octanol–water partition coefficient (Wildman–Crippen LogP) is 2.69. The van der Waals surface area contributed by atoms with Gasteiger partial charge in [0.1, 0.15) is 5.82 Å². The Morgan fingerprint density at radius 2 is 1.94 bits per heavy atom. The molecule has 4 heteroatoms. The number of aromatic amines is 1. The van der Waals surface area contributed by atoms with E-state index in [0.29, 0.717) is 17.9 Å². The molecule has 0 aliphatic rings. The molecular weight excluding hydrogens is 228 g/mol. The average molecular weight is 244 g/mol. The van der Waals surface area contributed by atoms with Gasteiger partial charge < -0.3 is 15.4 Å². The smallest absolute Gasteiger partial charge is 0.225 e. The molecule has 0 amide bonds. The zero-order valence-corrected chi connectivity index (χ0v) is 10.4. The van der Waals surface area contributed by atoms with Crippen molar-refractivity contribution in [3.05, 3.63) is 51.8 Å². The first-order valence-electron chi connectivity index (χ1n) is 5.89. The molecule has 0 atom stereocenters. The number of aromatic hydroxyl groups is 1. The summed E-state index contributed by atoms with van der Waals surface area (Å²) in [4.78, 5) is 14.6. The van der Waals surface area contributed by atoms with Crippen LogP contribution >= 0.6 is 0 Å². The van der Waals surface area contributed by atoms with Crippen LogP contribution in [0.4, 0.5) is 11.5 Å². The molecule has 0 aliphatic carbocycles. The third-order valence-electron chi connectivity index (χ3n) is 2.76. The molecule has 0 radical (unpaired) electrons. The monoisotopic (exact) mass is 244 g/mol. The minimum absolute atomic E-state index is 0.202. The lowest BCUT2D eigenvalue weighted by molar-refractivity contribution is 0.460. The maximum atomic E-state index is 11.6. The number of hydrogen-bond acceptors (Lipinski definition) is 3. The predicted molar refractivity (Wildman–Crippen MR) is 72.6 cm³/mol. The molecule has 94 valence electrons.